The van der Waals surface area contributed by atoms with Gasteiger partial charge in [-0.05, 0) is 43.7 Å². The molecule has 0 aliphatic rings. The molecule has 0 spiro atoms. The number of carbonyl (C=O) groups is 1. The van der Waals surface area contributed by atoms with Crippen LogP contribution in [0.15, 0.2) is 42.0 Å². The molecule has 0 unspecified atom stereocenters. The van der Waals surface area contributed by atoms with Crippen molar-refractivity contribution in [3.05, 3.63) is 68.7 Å². The molecule has 0 aromatic heterocycles. The number of rotatable bonds is 3. The molecule has 23 heavy (non-hydrogen) atoms. The van der Waals surface area contributed by atoms with Crippen molar-refractivity contribution in [1.29, 1.82) is 5.26 Å². The van der Waals surface area contributed by atoms with Crippen molar-refractivity contribution in [2.45, 2.75) is 13.8 Å². The van der Waals surface area contributed by atoms with Gasteiger partial charge in [-0.25, -0.2) is 0 Å². The first-order valence-corrected chi connectivity index (χ1v) is 7.62. The molecule has 2 aromatic rings. The van der Waals surface area contributed by atoms with E-state index in [-0.39, 0.29) is 5.57 Å². The van der Waals surface area contributed by atoms with Crippen LogP contribution in [0, 0.1) is 25.2 Å². The smallest absolute Gasteiger partial charge is 0.266 e. The Hall–Kier alpha value is -2.28. The summed E-state index contributed by atoms with van der Waals surface area (Å²) in [7, 11) is 0. The molecule has 1 amide bonds. The fraction of sp³-hybridized carbons (Fsp3) is 0.111. The third-order valence-corrected chi connectivity index (χ3v) is 3.94. The normalized spacial score (nSPS) is 11.0. The Balaban J connectivity index is 2.32. The van der Waals surface area contributed by atoms with Crippen molar-refractivity contribution in [2.24, 2.45) is 0 Å². The van der Waals surface area contributed by atoms with Crippen LogP contribution in [0.4, 0.5) is 5.69 Å². The summed E-state index contributed by atoms with van der Waals surface area (Å²) >= 11 is 12.1. The highest BCUT2D eigenvalue weighted by Gasteiger charge is 2.13. The van der Waals surface area contributed by atoms with Gasteiger partial charge in [0.1, 0.15) is 11.6 Å². The molecule has 0 aliphatic carbocycles. The maximum atomic E-state index is 12.3. The Labute approximate surface area is 145 Å². The average molecular weight is 345 g/mol. The Morgan fingerprint density at radius 1 is 1.17 bits per heavy atom. The molecular formula is C18H14Cl2N2O. The molecule has 0 fully saturated rings. The summed E-state index contributed by atoms with van der Waals surface area (Å²) in [5.74, 6) is -0.504. The fourth-order valence-corrected chi connectivity index (χ4v) is 2.59. The summed E-state index contributed by atoms with van der Waals surface area (Å²) in [4.78, 5) is 12.3. The van der Waals surface area contributed by atoms with Crippen LogP contribution >= 0.6 is 23.2 Å². The molecule has 116 valence electrons. The number of hydrogen-bond acceptors (Lipinski definition) is 2. The van der Waals surface area contributed by atoms with E-state index < -0.39 is 5.91 Å². The number of amides is 1. The van der Waals surface area contributed by atoms with E-state index in [0.29, 0.717) is 21.3 Å². The highest BCUT2D eigenvalue weighted by molar-refractivity contribution is 6.37. The lowest BCUT2D eigenvalue weighted by molar-refractivity contribution is -0.112. The largest absolute Gasteiger partial charge is 0.321 e. The van der Waals surface area contributed by atoms with Crippen LogP contribution in [0.1, 0.15) is 16.7 Å². The predicted octanol–water partition coefficient (Wildman–Crippen LogP) is 5.16. The number of benzene rings is 2. The molecule has 0 saturated carbocycles. The molecule has 0 aliphatic heterocycles. The lowest BCUT2D eigenvalue weighted by atomic mass is 10.1. The van der Waals surface area contributed by atoms with Crippen molar-refractivity contribution < 1.29 is 4.79 Å². The van der Waals surface area contributed by atoms with Gasteiger partial charge in [-0.15, -0.1) is 0 Å². The SMILES string of the molecule is Cc1ccc(NC(=O)/C(C#N)=C/c2c(Cl)cccc2Cl)c(C)c1. The molecule has 0 radical (unpaired) electrons. The lowest BCUT2D eigenvalue weighted by Gasteiger charge is -2.09. The van der Waals surface area contributed by atoms with E-state index in [2.05, 4.69) is 5.32 Å². The van der Waals surface area contributed by atoms with Crippen LogP contribution in [0.2, 0.25) is 10.0 Å². The van der Waals surface area contributed by atoms with Gasteiger partial charge < -0.3 is 5.32 Å². The first-order chi connectivity index (χ1) is 10.9. The zero-order chi connectivity index (χ0) is 17.0. The molecule has 1 N–H and O–H groups in total. The maximum absolute atomic E-state index is 12.3. The first-order valence-electron chi connectivity index (χ1n) is 6.87. The monoisotopic (exact) mass is 344 g/mol. The predicted molar refractivity (Wildman–Crippen MR) is 94.6 cm³/mol. The summed E-state index contributed by atoms with van der Waals surface area (Å²) in [6.45, 7) is 3.86. The molecular weight excluding hydrogens is 331 g/mol. The molecule has 3 nitrogen and oxygen atoms in total. The van der Waals surface area contributed by atoms with Gasteiger partial charge in [0.25, 0.3) is 5.91 Å². The Kier molecular flexibility index (Phi) is 5.44. The van der Waals surface area contributed by atoms with Gasteiger partial charge in [-0.3, -0.25) is 4.79 Å². The molecule has 2 aromatic carbocycles. The third-order valence-electron chi connectivity index (χ3n) is 3.28. The van der Waals surface area contributed by atoms with E-state index in [1.54, 1.807) is 24.3 Å². The van der Waals surface area contributed by atoms with Gasteiger partial charge in [0.05, 0.1) is 0 Å². The number of hydrogen-bond donors (Lipinski definition) is 1. The zero-order valence-electron chi connectivity index (χ0n) is 12.7. The summed E-state index contributed by atoms with van der Waals surface area (Å²) in [5, 5.41) is 12.8. The Morgan fingerprint density at radius 2 is 1.83 bits per heavy atom. The van der Waals surface area contributed by atoms with Gasteiger partial charge in [0.2, 0.25) is 0 Å². The van der Waals surface area contributed by atoms with Crippen molar-refractivity contribution in [3.8, 4) is 6.07 Å². The van der Waals surface area contributed by atoms with Crippen LogP contribution in [0.3, 0.4) is 0 Å². The second-order valence-corrected chi connectivity index (χ2v) is 5.89. The minimum atomic E-state index is -0.504. The fourth-order valence-electron chi connectivity index (χ4n) is 2.09. The maximum Gasteiger partial charge on any atom is 0.266 e. The number of nitrogens with one attached hydrogen (secondary N) is 1. The molecule has 0 bridgehead atoms. The molecule has 2 rings (SSSR count). The zero-order valence-corrected chi connectivity index (χ0v) is 14.2. The summed E-state index contributed by atoms with van der Waals surface area (Å²) in [5.41, 5.74) is 3.06. The van der Waals surface area contributed by atoms with Crippen molar-refractivity contribution in [3.63, 3.8) is 0 Å². The third kappa shape index (κ3) is 4.13. The van der Waals surface area contributed by atoms with Crippen molar-refractivity contribution in [1.82, 2.24) is 0 Å². The van der Waals surface area contributed by atoms with Crippen LogP contribution < -0.4 is 5.32 Å². The van der Waals surface area contributed by atoms with E-state index in [9.17, 15) is 10.1 Å². The Bertz CT molecular complexity index is 815. The minimum Gasteiger partial charge on any atom is -0.321 e. The number of nitriles is 1. The summed E-state index contributed by atoms with van der Waals surface area (Å²) < 4.78 is 0. The summed E-state index contributed by atoms with van der Waals surface area (Å²) in [6.07, 6.45) is 1.39. The van der Waals surface area contributed by atoms with E-state index in [0.717, 1.165) is 11.1 Å². The van der Waals surface area contributed by atoms with E-state index >= 15 is 0 Å². The number of aryl methyl sites for hydroxylation is 2. The number of anilines is 1. The molecule has 0 saturated heterocycles. The van der Waals surface area contributed by atoms with Gasteiger partial charge in [-0.1, -0.05) is 47.0 Å². The number of nitrogens with zero attached hydrogens (tertiary/aromatic N) is 1. The van der Waals surface area contributed by atoms with Gasteiger partial charge >= 0.3 is 0 Å². The topological polar surface area (TPSA) is 52.9 Å². The second kappa shape index (κ2) is 7.32. The minimum absolute atomic E-state index is 0.0695. The van der Waals surface area contributed by atoms with Crippen LogP contribution in [0.5, 0.6) is 0 Å². The van der Waals surface area contributed by atoms with Crippen LogP contribution in [-0.4, -0.2) is 5.91 Å². The molecule has 0 atom stereocenters. The van der Waals surface area contributed by atoms with E-state index in [1.807, 2.05) is 32.0 Å². The van der Waals surface area contributed by atoms with Gasteiger partial charge in [-0.2, -0.15) is 5.26 Å². The highest BCUT2D eigenvalue weighted by atomic mass is 35.5. The van der Waals surface area contributed by atoms with Gasteiger partial charge in [0, 0.05) is 21.3 Å². The molecule has 5 heteroatoms. The van der Waals surface area contributed by atoms with Crippen LogP contribution in [0.25, 0.3) is 6.08 Å². The lowest BCUT2D eigenvalue weighted by Crippen LogP contribution is -2.14. The van der Waals surface area contributed by atoms with E-state index in [1.165, 1.54) is 6.08 Å². The number of halogens is 2. The second-order valence-electron chi connectivity index (χ2n) is 5.08. The Morgan fingerprint density at radius 3 is 2.39 bits per heavy atom. The quantitative estimate of drug-likeness (QED) is 0.617. The van der Waals surface area contributed by atoms with E-state index in [4.69, 9.17) is 23.2 Å². The highest BCUT2D eigenvalue weighted by Crippen LogP contribution is 2.27. The van der Waals surface area contributed by atoms with Crippen molar-refractivity contribution in [2.75, 3.05) is 5.32 Å². The molecule has 0 heterocycles. The average Bonchev–Trinajstić information content (AvgIpc) is 2.50. The van der Waals surface area contributed by atoms with Crippen LogP contribution in [-0.2, 0) is 4.79 Å². The first kappa shape index (κ1) is 17.1. The standard InChI is InChI=1S/C18H14Cl2N2O/c1-11-6-7-17(12(2)8-11)22-18(23)13(10-21)9-14-15(19)4-3-5-16(14)20/h3-9H,1-2H3,(H,22,23)/b13-9+. The van der Waals surface area contributed by atoms with Crippen molar-refractivity contribution >= 4 is 40.9 Å². The summed E-state index contributed by atoms with van der Waals surface area (Å²) in [6, 6.07) is 12.5. The number of carbonyl (C=O) groups excluding carboxylic acids is 1. The van der Waals surface area contributed by atoms with Gasteiger partial charge in [0.15, 0.2) is 0 Å².